The molecule has 1 N–H and O–H groups in total. The van der Waals surface area contributed by atoms with Crippen molar-refractivity contribution in [2.75, 3.05) is 26.2 Å². The molecule has 0 atom stereocenters. The highest BCUT2D eigenvalue weighted by molar-refractivity contribution is 6.35. The molecule has 6 heteroatoms. The molecule has 0 spiro atoms. The molecule has 0 aromatic heterocycles. The number of nitrogens with one attached hydrogen (secondary N) is 1. The van der Waals surface area contributed by atoms with Gasteiger partial charge >= 0.3 is 11.8 Å². The number of benzene rings is 1. The van der Waals surface area contributed by atoms with E-state index < -0.39 is 11.8 Å². The molecule has 150 valence electrons. The number of rotatable bonds is 7. The fraction of sp³-hybridized carbons (Fsp3) is 0.500. The predicted octanol–water partition coefficient (Wildman–Crippen LogP) is 2.17. The summed E-state index contributed by atoms with van der Waals surface area (Å²) in [5.41, 5.74) is 3.53. The lowest BCUT2D eigenvalue weighted by Gasteiger charge is -2.33. The van der Waals surface area contributed by atoms with Crippen molar-refractivity contribution < 1.29 is 14.4 Å². The van der Waals surface area contributed by atoms with Gasteiger partial charge in [-0.1, -0.05) is 41.5 Å². The minimum Gasteiger partial charge on any atom is -0.354 e. The van der Waals surface area contributed by atoms with Gasteiger partial charge in [-0.3, -0.25) is 14.4 Å². The fourth-order valence-electron chi connectivity index (χ4n) is 3.77. The standard InChI is InChI=1S/C22H29N3O3/c1-17-6-5-9-19(14-17)15-24-12-13-25(22(28)21(24)27)16-20(26)23-11-10-18-7-3-2-4-8-18/h5-7,9,14H,2-4,8,10-13,15-16H2,1H3,(H,23,26). The summed E-state index contributed by atoms with van der Waals surface area (Å²) in [6.07, 6.45) is 7.86. The monoisotopic (exact) mass is 383 g/mol. The van der Waals surface area contributed by atoms with Gasteiger partial charge in [-0.15, -0.1) is 0 Å². The smallest absolute Gasteiger partial charge is 0.312 e. The van der Waals surface area contributed by atoms with Crippen LogP contribution in [0.5, 0.6) is 0 Å². The minimum absolute atomic E-state index is 0.0537. The summed E-state index contributed by atoms with van der Waals surface area (Å²) >= 11 is 0. The number of nitrogens with zero attached hydrogens (tertiary/aromatic N) is 2. The first kappa shape index (κ1) is 20.1. The maximum atomic E-state index is 12.4. The number of carbonyl (C=O) groups excluding carboxylic acids is 3. The summed E-state index contributed by atoms with van der Waals surface area (Å²) in [4.78, 5) is 39.9. The number of carbonyl (C=O) groups is 3. The number of piperazine rings is 1. The van der Waals surface area contributed by atoms with E-state index in [1.165, 1.54) is 23.3 Å². The van der Waals surface area contributed by atoms with Gasteiger partial charge in [0.05, 0.1) is 0 Å². The van der Waals surface area contributed by atoms with Crippen LogP contribution in [0.2, 0.25) is 0 Å². The molecule has 0 bridgehead atoms. The maximum absolute atomic E-state index is 12.4. The van der Waals surface area contributed by atoms with Crippen LogP contribution in [0, 0.1) is 6.92 Å². The van der Waals surface area contributed by atoms with Gasteiger partial charge in [0.15, 0.2) is 0 Å². The molecule has 1 aromatic carbocycles. The largest absolute Gasteiger partial charge is 0.354 e. The van der Waals surface area contributed by atoms with E-state index in [9.17, 15) is 14.4 Å². The number of hydrogen-bond donors (Lipinski definition) is 1. The SMILES string of the molecule is Cc1cccc(CN2CCN(CC(=O)NCCC3=CCCCC3)C(=O)C2=O)c1. The molecule has 1 fully saturated rings. The third kappa shape index (κ3) is 5.44. The predicted molar refractivity (Wildman–Crippen MR) is 107 cm³/mol. The molecule has 1 saturated heterocycles. The highest BCUT2D eigenvalue weighted by atomic mass is 16.2. The Morgan fingerprint density at radius 3 is 2.64 bits per heavy atom. The highest BCUT2D eigenvalue weighted by Gasteiger charge is 2.33. The van der Waals surface area contributed by atoms with Crippen LogP contribution in [0.3, 0.4) is 0 Å². The molecular weight excluding hydrogens is 354 g/mol. The Kier molecular flexibility index (Phi) is 6.85. The van der Waals surface area contributed by atoms with Crippen LogP contribution in [0.25, 0.3) is 0 Å². The molecule has 1 aliphatic heterocycles. The van der Waals surface area contributed by atoms with Crippen LogP contribution in [-0.4, -0.2) is 53.7 Å². The molecule has 0 unspecified atom stereocenters. The Morgan fingerprint density at radius 2 is 1.89 bits per heavy atom. The van der Waals surface area contributed by atoms with Crippen molar-refractivity contribution in [1.82, 2.24) is 15.1 Å². The van der Waals surface area contributed by atoms with Gasteiger partial charge in [0.2, 0.25) is 5.91 Å². The van der Waals surface area contributed by atoms with E-state index in [2.05, 4.69) is 11.4 Å². The Bertz CT molecular complexity index is 772. The van der Waals surface area contributed by atoms with Crippen molar-refractivity contribution in [3.05, 3.63) is 47.0 Å². The number of allylic oxidation sites excluding steroid dienone is 1. The van der Waals surface area contributed by atoms with E-state index in [0.717, 1.165) is 30.4 Å². The van der Waals surface area contributed by atoms with Crippen LogP contribution in [-0.2, 0) is 20.9 Å². The van der Waals surface area contributed by atoms with Crippen LogP contribution in [0.1, 0.15) is 43.2 Å². The van der Waals surface area contributed by atoms with Crippen molar-refractivity contribution >= 4 is 17.7 Å². The summed E-state index contributed by atoms with van der Waals surface area (Å²) in [6, 6.07) is 7.91. The maximum Gasteiger partial charge on any atom is 0.312 e. The first-order valence-electron chi connectivity index (χ1n) is 10.1. The van der Waals surface area contributed by atoms with E-state index in [0.29, 0.717) is 26.2 Å². The number of aryl methyl sites for hydroxylation is 1. The molecule has 3 amide bonds. The second-order valence-electron chi connectivity index (χ2n) is 7.65. The van der Waals surface area contributed by atoms with Crippen molar-refractivity contribution in [2.45, 2.75) is 45.6 Å². The van der Waals surface area contributed by atoms with E-state index in [1.807, 2.05) is 31.2 Å². The zero-order valence-corrected chi connectivity index (χ0v) is 16.6. The lowest BCUT2D eigenvalue weighted by atomic mass is 9.97. The van der Waals surface area contributed by atoms with Gasteiger partial charge in [0.1, 0.15) is 6.54 Å². The first-order valence-corrected chi connectivity index (χ1v) is 10.1. The minimum atomic E-state index is -0.593. The lowest BCUT2D eigenvalue weighted by molar-refractivity contribution is -0.157. The molecule has 28 heavy (non-hydrogen) atoms. The highest BCUT2D eigenvalue weighted by Crippen LogP contribution is 2.19. The molecule has 0 radical (unpaired) electrons. The second kappa shape index (κ2) is 9.53. The molecule has 3 rings (SSSR count). The van der Waals surface area contributed by atoms with E-state index >= 15 is 0 Å². The Balaban J connectivity index is 1.44. The molecule has 2 aliphatic rings. The Morgan fingerprint density at radius 1 is 1.11 bits per heavy atom. The zero-order chi connectivity index (χ0) is 19.9. The summed E-state index contributed by atoms with van der Waals surface area (Å²) in [6.45, 7) is 3.77. The van der Waals surface area contributed by atoms with E-state index in [-0.39, 0.29) is 12.5 Å². The number of hydrogen-bond acceptors (Lipinski definition) is 3. The molecule has 1 aliphatic carbocycles. The Labute approximate surface area is 166 Å². The third-order valence-electron chi connectivity index (χ3n) is 5.34. The van der Waals surface area contributed by atoms with Crippen LogP contribution >= 0.6 is 0 Å². The summed E-state index contributed by atoms with van der Waals surface area (Å²) < 4.78 is 0. The van der Waals surface area contributed by atoms with Crippen molar-refractivity contribution in [3.8, 4) is 0 Å². The van der Waals surface area contributed by atoms with Gasteiger partial charge in [-0.25, -0.2) is 0 Å². The van der Waals surface area contributed by atoms with Gasteiger partial charge in [-0.05, 0) is 44.6 Å². The second-order valence-corrected chi connectivity index (χ2v) is 7.65. The normalized spacial score (nSPS) is 17.5. The van der Waals surface area contributed by atoms with E-state index in [4.69, 9.17) is 0 Å². The van der Waals surface area contributed by atoms with Crippen LogP contribution < -0.4 is 5.32 Å². The summed E-state index contributed by atoms with van der Waals surface area (Å²) in [5.74, 6) is -1.33. The molecule has 6 nitrogen and oxygen atoms in total. The number of amides is 3. The third-order valence-corrected chi connectivity index (χ3v) is 5.34. The van der Waals surface area contributed by atoms with Crippen molar-refractivity contribution in [3.63, 3.8) is 0 Å². The van der Waals surface area contributed by atoms with Crippen LogP contribution in [0.15, 0.2) is 35.9 Å². The van der Waals surface area contributed by atoms with Crippen molar-refractivity contribution in [2.24, 2.45) is 0 Å². The molecular formula is C22H29N3O3. The zero-order valence-electron chi connectivity index (χ0n) is 16.6. The fourth-order valence-corrected chi connectivity index (χ4v) is 3.77. The van der Waals surface area contributed by atoms with Gasteiger partial charge in [0.25, 0.3) is 0 Å². The lowest BCUT2D eigenvalue weighted by Crippen LogP contribution is -2.56. The Hall–Kier alpha value is -2.63. The van der Waals surface area contributed by atoms with Crippen LogP contribution in [0.4, 0.5) is 0 Å². The quantitative estimate of drug-likeness (QED) is 0.580. The summed E-state index contributed by atoms with van der Waals surface area (Å²) in [7, 11) is 0. The first-order chi connectivity index (χ1) is 13.5. The van der Waals surface area contributed by atoms with Gasteiger partial charge < -0.3 is 15.1 Å². The van der Waals surface area contributed by atoms with Gasteiger partial charge in [0, 0.05) is 26.2 Å². The average Bonchev–Trinajstić information content (AvgIpc) is 2.69. The van der Waals surface area contributed by atoms with Crippen molar-refractivity contribution in [1.29, 1.82) is 0 Å². The van der Waals surface area contributed by atoms with Gasteiger partial charge in [-0.2, -0.15) is 0 Å². The van der Waals surface area contributed by atoms with E-state index in [1.54, 1.807) is 4.90 Å². The topological polar surface area (TPSA) is 69.7 Å². The average molecular weight is 383 g/mol. The summed E-state index contributed by atoms with van der Waals surface area (Å²) in [5, 5.41) is 2.87. The molecule has 1 aromatic rings. The molecule has 1 heterocycles. The molecule has 0 saturated carbocycles.